The SMILES string of the molecule is COc1cnn(C)c1C(N)CSc1ccc(Cl)cc1. The van der Waals surface area contributed by atoms with E-state index in [1.165, 1.54) is 0 Å². The summed E-state index contributed by atoms with van der Waals surface area (Å²) in [5, 5.41) is 4.90. The van der Waals surface area contributed by atoms with Crippen molar-refractivity contribution in [1.82, 2.24) is 9.78 Å². The molecule has 0 aliphatic carbocycles. The smallest absolute Gasteiger partial charge is 0.161 e. The van der Waals surface area contributed by atoms with Gasteiger partial charge in [0.15, 0.2) is 5.75 Å². The fraction of sp³-hybridized carbons (Fsp3) is 0.308. The second-order valence-electron chi connectivity index (χ2n) is 4.09. The fourth-order valence-electron chi connectivity index (χ4n) is 1.80. The van der Waals surface area contributed by atoms with Crippen LogP contribution in [0.1, 0.15) is 11.7 Å². The van der Waals surface area contributed by atoms with Crippen molar-refractivity contribution in [3.63, 3.8) is 0 Å². The molecule has 1 heterocycles. The largest absolute Gasteiger partial charge is 0.493 e. The topological polar surface area (TPSA) is 53.1 Å². The average molecular weight is 298 g/mol. The van der Waals surface area contributed by atoms with E-state index < -0.39 is 0 Å². The van der Waals surface area contributed by atoms with Gasteiger partial charge in [0.25, 0.3) is 0 Å². The summed E-state index contributed by atoms with van der Waals surface area (Å²) < 4.78 is 7.02. The number of halogens is 1. The number of hydrogen-bond acceptors (Lipinski definition) is 4. The summed E-state index contributed by atoms with van der Waals surface area (Å²) in [7, 11) is 3.49. The van der Waals surface area contributed by atoms with E-state index in [0.29, 0.717) is 0 Å². The molecule has 0 saturated heterocycles. The predicted molar refractivity (Wildman–Crippen MR) is 78.9 cm³/mol. The number of benzene rings is 1. The van der Waals surface area contributed by atoms with E-state index in [2.05, 4.69) is 5.10 Å². The van der Waals surface area contributed by atoms with Gasteiger partial charge in [-0.2, -0.15) is 5.10 Å². The lowest BCUT2D eigenvalue weighted by atomic mass is 10.2. The number of thioether (sulfide) groups is 1. The number of rotatable bonds is 5. The number of methoxy groups -OCH3 is 1. The number of aryl methyl sites for hydroxylation is 1. The minimum atomic E-state index is -0.136. The Labute approximate surface area is 121 Å². The van der Waals surface area contributed by atoms with Gasteiger partial charge in [0.05, 0.1) is 25.0 Å². The van der Waals surface area contributed by atoms with Crippen molar-refractivity contribution in [2.75, 3.05) is 12.9 Å². The van der Waals surface area contributed by atoms with Crippen LogP contribution in [0.5, 0.6) is 5.75 Å². The molecule has 1 unspecified atom stereocenters. The Kier molecular flexibility index (Phi) is 4.74. The van der Waals surface area contributed by atoms with Crippen LogP contribution in [0.2, 0.25) is 5.02 Å². The van der Waals surface area contributed by atoms with E-state index >= 15 is 0 Å². The van der Waals surface area contributed by atoms with E-state index in [9.17, 15) is 0 Å². The summed E-state index contributed by atoms with van der Waals surface area (Å²) in [5.41, 5.74) is 7.11. The zero-order chi connectivity index (χ0) is 13.8. The minimum absolute atomic E-state index is 0.136. The fourth-order valence-corrected chi connectivity index (χ4v) is 2.79. The van der Waals surface area contributed by atoms with Gasteiger partial charge < -0.3 is 10.5 Å². The highest BCUT2D eigenvalue weighted by Crippen LogP contribution is 2.28. The molecule has 0 spiro atoms. The average Bonchev–Trinajstić information content (AvgIpc) is 2.79. The normalized spacial score (nSPS) is 12.4. The van der Waals surface area contributed by atoms with E-state index in [-0.39, 0.29) is 6.04 Å². The molecule has 1 atom stereocenters. The van der Waals surface area contributed by atoms with Crippen molar-refractivity contribution in [1.29, 1.82) is 0 Å². The summed E-state index contributed by atoms with van der Waals surface area (Å²) in [5.74, 6) is 1.48. The maximum absolute atomic E-state index is 6.21. The van der Waals surface area contributed by atoms with Crippen molar-refractivity contribution in [3.05, 3.63) is 41.2 Å². The maximum atomic E-state index is 6.21. The van der Waals surface area contributed by atoms with Crippen LogP contribution in [0.4, 0.5) is 0 Å². The van der Waals surface area contributed by atoms with Crippen molar-refractivity contribution < 1.29 is 4.74 Å². The molecule has 0 bridgehead atoms. The Bertz CT molecular complexity index is 541. The van der Waals surface area contributed by atoms with E-state index in [1.54, 1.807) is 29.8 Å². The number of ether oxygens (including phenoxy) is 1. The summed E-state index contributed by atoms with van der Waals surface area (Å²) in [6.45, 7) is 0. The molecule has 2 aromatic rings. The Morgan fingerprint density at radius 2 is 2.11 bits per heavy atom. The van der Waals surface area contributed by atoms with Crippen LogP contribution < -0.4 is 10.5 Å². The number of nitrogens with zero attached hydrogens (tertiary/aromatic N) is 2. The Morgan fingerprint density at radius 1 is 1.42 bits per heavy atom. The van der Waals surface area contributed by atoms with Crippen molar-refractivity contribution >= 4 is 23.4 Å². The highest BCUT2D eigenvalue weighted by Gasteiger charge is 2.17. The molecule has 102 valence electrons. The van der Waals surface area contributed by atoms with Gasteiger partial charge in [-0.05, 0) is 24.3 Å². The van der Waals surface area contributed by atoms with Gasteiger partial charge in [-0.3, -0.25) is 4.68 Å². The molecule has 2 N–H and O–H groups in total. The molecular formula is C13H16ClN3OS. The molecule has 0 radical (unpaired) electrons. The first-order chi connectivity index (χ1) is 9.11. The number of hydrogen-bond donors (Lipinski definition) is 1. The van der Waals surface area contributed by atoms with Crippen LogP contribution in [0.25, 0.3) is 0 Å². The summed E-state index contributed by atoms with van der Waals surface area (Å²) >= 11 is 7.54. The lowest BCUT2D eigenvalue weighted by Gasteiger charge is -2.13. The van der Waals surface area contributed by atoms with Crippen LogP contribution in [-0.2, 0) is 7.05 Å². The van der Waals surface area contributed by atoms with Crippen LogP contribution >= 0.6 is 23.4 Å². The van der Waals surface area contributed by atoms with Gasteiger partial charge >= 0.3 is 0 Å². The molecule has 19 heavy (non-hydrogen) atoms. The van der Waals surface area contributed by atoms with Crippen molar-refractivity contribution in [2.24, 2.45) is 12.8 Å². The van der Waals surface area contributed by atoms with Gasteiger partial charge in [-0.15, -0.1) is 11.8 Å². The molecule has 6 heteroatoms. The Morgan fingerprint density at radius 3 is 2.74 bits per heavy atom. The molecule has 0 fully saturated rings. The van der Waals surface area contributed by atoms with Crippen molar-refractivity contribution in [3.8, 4) is 5.75 Å². The standard InChI is InChI=1S/C13H16ClN3OS/c1-17-13(12(18-2)7-16-17)11(15)8-19-10-5-3-9(14)4-6-10/h3-7,11H,8,15H2,1-2H3. The quantitative estimate of drug-likeness (QED) is 0.862. The van der Waals surface area contributed by atoms with Crippen LogP contribution in [0.3, 0.4) is 0 Å². The molecule has 0 aliphatic heterocycles. The third kappa shape index (κ3) is 3.43. The first-order valence-corrected chi connectivity index (χ1v) is 7.18. The van der Waals surface area contributed by atoms with Gasteiger partial charge in [0.1, 0.15) is 0 Å². The summed E-state index contributed by atoms with van der Waals surface area (Å²) in [6.07, 6.45) is 1.68. The van der Waals surface area contributed by atoms with Crippen LogP contribution in [0, 0.1) is 0 Å². The monoisotopic (exact) mass is 297 g/mol. The van der Waals surface area contributed by atoms with Crippen LogP contribution in [-0.4, -0.2) is 22.6 Å². The number of nitrogens with two attached hydrogens (primary N) is 1. The van der Waals surface area contributed by atoms with Gasteiger partial charge in [-0.25, -0.2) is 0 Å². The van der Waals surface area contributed by atoms with Gasteiger partial charge in [0.2, 0.25) is 0 Å². The number of aromatic nitrogens is 2. The molecule has 1 aromatic heterocycles. The second-order valence-corrected chi connectivity index (χ2v) is 5.62. The van der Waals surface area contributed by atoms with Crippen molar-refractivity contribution in [2.45, 2.75) is 10.9 Å². The van der Waals surface area contributed by atoms with Gasteiger partial charge in [0, 0.05) is 22.7 Å². The Balaban J connectivity index is 2.03. The lowest BCUT2D eigenvalue weighted by Crippen LogP contribution is -2.17. The molecule has 1 aromatic carbocycles. The molecule has 0 aliphatic rings. The second kappa shape index (κ2) is 6.32. The molecule has 4 nitrogen and oxygen atoms in total. The van der Waals surface area contributed by atoms with E-state index in [4.69, 9.17) is 22.1 Å². The maximum Gasteiger partial charge on any atom is 0.161 e. The summed E-state index contributed by atoms with van der Waals surface area (Å²) in [6, 6.07) is 7.59. The molecule has 2 rings (SSSR count). The molecule has 0 amide bonds. The minimum Gasteiger partial charge on any atom is -0.493 e. The lowest BCUT2D eigenvalue weighted by molar-refractivity contribution is 0.405. The highest BCUT2D eigenvalue weighted by molar-refractivity contribution is 7.99. The van der Waals surface area contributed by atoms with Crippen LogP contribution in [0.15, 0.2) is 35.4 Å². The Hall–Kier alpha value is -1.17. The molecular weight excluding hydrogens is 282 g/mol. The molecule has 0 saturated carbocycles. The van der Waals surface area contributed by atoms with Gasteiger partial charge in [-0.1, -0.05) is 11.6 Å². The first kappa shape index (κ1) is 14.2. The summed E-state index contributed by atoms with van der Waals surface area (Å²) in [4.78, 5) is 1.14. The zero-order valence-electron chi connectivity index (χ0n) is 10.8. The highest BCUT2D eigenvalue weighted by atomic mass is 35.5. The zero-order valence-corrected chi connectivity index (χ0v) is 12.4. The first-order valence-electron chi connectivity index (χ1n) is 5.81. The van der Waals surface area contributed by atoms with E-state index in [1.807, 2.05) is 31.3 Å². The third-order valence-corrected chi connectivity index (χ3v) is 4.15. The third-order valence-electron chi connectivity index (χ3n) is 2.76. The van der Waals surface area contributed by atoms with E-state index in [0.717, 1.165) is 27.1 Å². The predicted octanol–water partition coefficient (Wildman–Crippen LogP) is 2.87.